The molecule has 17 heavy (non-hydrogen) atoms. The summed E-state index contributed by atoms with van der Waals surface area (Å²) in [6.07, 6.45) is 2.58. The van der Waals surface area contributed by atoms with Crippen LogP contribution in [0.15, 0.2) is 0 Å². The van der Waals surface area contributed by atoms with Crippen LogP contribution in [0.25, 0.3) is 0 Å². The van der Waals surface area contributed by atoms with Gasteiger partial charge in [0.15, 0.2) is 0 Å². The van der Waals surface area contributed by atoms with E-state index in [0.29, 0.717) is 26.1 Å². The van der Waals surface area contributed by atoms with Crippen LogP contribution in [-0.4, -0.2) is 57.0 Å². The summed E-state index contributed by atoms with van der Waals surface area (Å²) in [7, 11) is -1.36. The highest BCUT2D eigenvalue weighted by molar-refractivity contribution is 7.89. The quantitative estimate of drug-likeness (QED) is 0.745. The summed E-state index contributed by atoms with van der Waals surface area (Å²) in [5, 5.41) is 0. The fraction of sp³-hybridized carbons (Fsp3) is 1.00. The Bertz CT molecular complexity index is 362. The van der Waals surface area contributed by atoms with Crippen molar-refractivity contribution in [3.63, 3.8) is 0 Å². The second-order valence-corrected chi connectivity index (χ2v) is 7.05. The standard InChI is InChI=1S/C11H21NO4S/c1-3-6-17(13,14)12-8-11(9-12)7-10(15-2)4-5-16-11/h10H,3-9H2,1-2H3/t10-/m0/s1. The first-order valence-electron chi connectivity index (χ1n) is 6.16. The molecule has 2 aliphatic rings. The van der Waals surface area contributed by atoms with E-state index in [4.69, 9.17) is 9.47 Å². The second-order valence-electron chi connectivity index (χ2n) is 4.97. The number of methoxy groups -OCH3 is 1. The summed E-state index contributed by atoms with van der Waals surface area (Å²) >= 11 is 0. The van der Waals surface area contributed by atoms with E-state index in [9.17, 15) is 8.42 Å². The number of rotatable bonds is 4. The zero-order valence-electron chi connectivity index (χ0n) is 10.5. The third kappa shape index (κ3) is 2.65. The highest BCUT2D eigenvalue weighted by Crippen LogP contribution is 2.36. The fourth-order valence-corrected chi connectivity index (χ4v) is 4.22. The van der Waals surface area contributed by atoms with E-state index in [2.05, 4.69) is 0 Å². The normalized spacial score (nSPS) is 29.2. The molecule has 0 radical (unpaired) electrons. The van der Waals surface area contributed by atoms with Gasteiger partial charge in [-0.05, 0) is 12.8 Å². The SMILES string of the molecule is CCCS(=O)(=O)N1CC2(C[C@@H](OC)CCO2)C1. The van der Waals surface area contributed by atoms with Gasteiger partial charge >= 0.3 is 0 Å². The van der Waals surface area contributed by atoms with Gasteiger partial charge in [0.1, 0.15) is 0 Å². The Morgan fingerprint density at radius 3 is 2.76 bits per heavy atom. The number of hydrogen-bond acceptors (Lipinski definition) is 4. The highest BCUT2D eigenvalue weighted by Gasteiger charge is 2.51. The van der Waals surface area contributed by atoms with Crippen LogP contribution in [0.5, 0.6) is 0 Å². The third-order valence-corrected chi connectivity index (χ3v) is 5.53. The van der Waals surface area contributed by atoms with E-state index in [1.165, 1.54) is 4.31 Å². The maximum atomic E-state index is 11.8. The van der Waals surface area contributed by atoms with Crippen molar-refractivity contribution >= 4 is 10.0 Å². The third-order valence-electron chi connectivity index (χ3n) is 3.57. The molecule has 1 atom stereocenters. The first-order valence-corrected chi connectivity index (χ1v) is 7.77. The van der Waals surface area contributed by atoms with E-state index in [1.54, 1.807) is 7.11 Å². The lowest BCUT2D eigenvalue weighted by molar-refractivity contribution is -0.173. The summed E-state index contributed by atoms with van der Waals surface area (Å²) in [4.78, 5) is 0. The molecule has 0 N–H and O–H groups in total. The molecule has 0 amide bonds. The molecule has 0 saturated carbocycles. The number of sulfonamides is 1. The van der Waals surface area contributed by atoms with Crippen LogP contribution in [0.1, 0.15) is 26.2 Å². The zero-order chi connectivity index (χ0) is 12.5. The highest BCUT2D eigenvalue weighted by atomic mass is 32.2. The molecule has 1 spiro atoms. The van der Waals surface area contributed by atoms with E-state index in [1.807, 2.05) is 6.92 Å². The fourth-order valence-electron chi connectivity index (χ4n) is 2.58. The minimum Gasteiger partial charge on any atom is -0.381 e. The lowest BCUT2D eigenvalue weighted by atomic mass is 9.86. The van der Waals surface area contributed by atoms with E-state index in [0.717, 1.165) is 12.8 Å². The summed E-state index contributed by atoms with van der Waals surface area (Å²) in [6.45, 7) is 3.54. The van der Waals surface area contributed by atoms with Crippen molar-refractivity contribution in [2.45, 2.75) is 37.9 Å². The summed E-state index contributed by atoms with van der Waals surface area (Å²) in [6, 6.07) is 0. The van der Waals surface area contributed by atoms with Gasteiger partial charge in [-0.25, -0.2) is 8.42 Å². The lowest BCUT2D eigenvalue weighted by Crippen LogP contribution is -2.67. The molecule has 0 bridgehead atoms. The van der Waals surface area contributed by atoms with Crippen LogP contribution in [0.2, 0.25) is 0 Å². The number of hydrogen-bond donors (Lipinski definition) is 0. The average molecular weight is 263 g/mol. The van der Waals surface area contributed by atoms with E-state index in [-0.39, 0.29) is 17.5 Å². The predicted octanol–water partition coefficient (Wildman–Crippen LogP) is 0.606. The summed E-state index contributed by atoms with van der Waals surface area (Å²) in [5.74, 6) is 0.233. The molecule has 2 fully saturated rings. The van der Waals surface area contributed by atoms with Crippen molar-refractivity contribution < 1.29 is 17.9 Å². The van der Waals surface area contributed by atoms with Gasteiger partial charge in [-0.3, -0.25) is 0 Å². The molecule has 2 heterocycles. The van der Waals surface area contributed by atoms with Gasteiger partial charge in [-0.1, -0.05) is 6.92 Å². The molecule has 0 aromatic heterocycles. The first kappa shape index (κ1) is 13.3. The van der Waals surface area contributed by atoms with Crippen molar-refractivity contribution in [1.29, 1.82) is 0 Å². The van der Waals surface area contributed by atoms with Crippen LogP contribution >= 0.6 is 0 Å². The van der Waals surface area contributed by atoms with Crippen LogP contribution in [-0.2, 0) is 19.5 Å². The van der Waals surface area contributed by atoms with Gasteiger partial charge in [0, 0.05) is 33.2 Å². The Morgan fingerprint density at radius 2 is 2.18 bits per heavy atom. The molecular formula is C11H21NO4S. The van der Waals surface area contributed by atoms with Crippen molar-refractivity contribution in [3.05, 3.63) is 0 Å². The Morgan fingerprint density at radius 1 is 1.47 bits per heavy atom. The summed E-state index contributed by atoms with van der Waals surface area (Å²) < 4.78 is 36.3. The van der Waals surface area contributed by atoms with Crippen LogP contribution in [0, 0.1) is 0 Å². The Labute approximate surface area is 103 Å². The monoisotopic (exact) mass is 263 g/mol. The van der Waals surface area contributed by atoms with E-state index < -0.39 is 10.0 Å². The Balaban J connectivity index is 1.93. The van der Waals surface area contributed by atoms with Crippen LogP contribution in [0.3, 0.4) is 0 Å². The molecule has 0 aliphatic carbocycles. The van der Waals surface area contributed by atoms with Crippen molar-refractivity contribution in [2.75, 3.05) is 32.6 Å². The van der Waals surface area contributed by atoms with Crippen molar-refractivity contribution in [3.8, 4) is 0 Å². The molecule has 100 valence electrons. The van der Waals surface area contributed by atoms with Gasteiger partial charge in [-0.15, -0.1) is 0 Å². The molecule has 2 aliphatic heterocycles. The molecule has 6 heteroatoms. The molecule has 5 nitrogen and oxygen atoms in total. The van der Waals surface area contributed by atoms with Crippen LogP contribution < -0.4 is 0 Å². The van der Waals surface area contributed by atoms with Gasteiger partial charge in [0.2, 0.25) is 10.0 Å². The maximum Gasteiger partial charge on any atom is 0.214 e. The minimum atomic E-state index is -3.06. The average Bonchev–Trinajstić information content (AvgIpc) is 2.25. The Hall–Kier alpha value is -0.170. The largest absolute Gasteiger partial charge is 0.381 e. The predicted molar refractivity (Wildman–Crippen MR) is 64.4 cm³/mol. The van der Waals surface area contributed by atoms with Gasteiger partial charge in [0.05, 0.1) is 17.5 Å². The topological polar surface area (TPSA) is 55.8 Å². The second kappa shape index (κ2) is 4.84. The van der Waals surface area contributed by atoms with Crippen molar-refractivity contribution in [2.24, 2.45) is 0 Å². The zero-order valence-corrected chi connectivity index (χ0v) is 11.3. The van der Waals surface area contributed by atoms with Gasteiger partial charge < -0.3 is 9.47 Å². The molecule has 2 saturated heterocycles. The van der Waals surface area contributed by atoms with Gasteiger partial charge in [-0.2, -0.15) is 4.31 Å². The smallest absolute Gasteiger partial charge is 0.214 e. The summed E-state index contributed by atoms with van der Waals surface area (Å²) in [5.41, 5.74) is -0.278. The molecule has 0 aromatic carbocycles. The maximum absolute atomic E-state index is 11.8. The molecule has 0 unspecified atom stereocenters. The first-order chi connectivity index (χ1) is 8.01. The molecule has 2 rings (SSSR count). The minimum absolute atomic E-state index is 0.208. The number of nitrogens with zero attached hydrogens (tertiary/aromatic N) is 1. The van der Waals surface area contributed by atoms with E-state index >= 15 is 0 Å². The van der Waals surface area contributed by atoms with Crippen molar-refractivity contribution in [1.82, 2.24) is 4.31 Å². The Kier molecular flexibility index (Phi) is 3.77. The lowest BCUT2D eigenvalue weighted by Gasteiger charge is -2.52. The molecular weight excluding hydrogens is 242 g/mol. The van der Waals surface area contributed by atoms with Gasteiger partial charge in [0.25, 0.3) is 0 Å². The number of ether oxygens (including phenoxy) is 2. The molecule has 0 aromatic rings. The van der Waals surface area contributed by atoms with Crippen LogP contribution in [0.4, 0.5) is 0 Å².